The molecule has 11 heteroatoms. The van der Waals surface area contributed by atoms with Gasteiger partial charge < -0.3 is 13.9 Å². The van der Waals surface area contributed by atoms with E-state index in [-0.39, 0.29) is 35.4 Å². The fraction of sp³-hybridized carbons (Fsp3) is 0.125. The molecule has 0 N–H and O–H groups in total. The lowest BCUT2D eigenvalue weighted by molar-refractivity contribution is -0.123. The number of carbonyl (C=O) groups is 3. The van der Waals surface area contributed by atoms with Gasteiger partial charge in [-0.15, -0.1) is 0 Å². The second-order valence-corrected chi connectivity index (χ2v) is 10.5. The van der Waals surface area contributed by atoms with E-state index in [2.05, 4.69) is 49.9 Å². The summed E-state index contributed by atoms with van der Waals surface area (Å²) in [6.45, 7) is -0.0156. The zero-order valence-corrected chi connectivity index (χ0v) is 23.2. The average Bonchev–Trinajstić information content (AvgIpc) is 3.39. The maximum Gasteiger partial charge on any atom is 0.373 e. The SMILES string of the molecule is COC(=O)c1ccc(CN2C(=O)S/C(=C/c3cc(I)c(OCc4ccccc4F)c(I)c3)C2=O)o1. The van der Waals surface area contributed by atoms with E-state index in [4.69, 9.17) is 9.15 Å². The Bertz CT molecular complexity index is 1330. The van der Waals surface area contributed by atoms with Crippen LogP contribution in [0.3, 0.4) is 0 Å². The molecule has 1 fully saturated rings. The summed E-state index contributed by atoms with van der Waals surface area (Å²) in [5.74, 6) is -0.544. The first kappa shape index (κ1) is 25.7. The number of halogens is 3. The van der Waals surface area contributed by atoms with Crippen molar-refractivity contribution < 1.29 is 32.7 Å². The highest BCUT2D eigenvalue weighted by molar-refractivity contribution is 14.1. The molecule has 0 radical (unpaired) electrons. The van der Waals surface area contributed by atoms with Crippen molar-refractivity contribution in [2.24, 2.45) is 0 Å². The first-order chi connectivity index (χ1) is 16.8. The molecule has 3 aromatic rings. The van der Waals surface area contributed by atoms with Crippen LogP contribution in [-0.4, -0.2) is 29.1 Å². The molecule has 2 amide bonds. The van der Waals surface area contributed by atoms with Crippen LogP contribution in [0.1, 0.15) is 27.4 Å². The Labute approximate surface area is 231 Å². The molecule has 0 spiro atoms. The molecule has 0 unspecified atom stereocenters. The summed E-state index contributed by atoms with van der Waals surface area (Å²) in [4.78, 5) is 38.2. The Morgan fingerprint density at radius 1 is 1.14 bits per heavy atom. The van der Waals surface area contributed by atoms with Crippen LogP contribution in [0.25, 0.3) is 6.08 Å². The number of furan rings is 1. The molecule has 2 heterocycles. The van der Waals surface area contributed by atoms with E-state index in [0.29, 0.717) is 16.9 Å². The molecule has 1 aromatic heterocycles. The minimum absolute atomic E-state index is 0.00789. The molecule has 0 atom stereocenters. The zero-order valence-electron chi connectivity index (χ0n) is 18.0. The van der Waals surface area contributed by atoms with E-state index in [1.807, 2.05) is 12.1 Å². The van der Waals surface area contributed by atoms with Crippen LogP contribution in [0.5, 0.6) is 5.75 Å². The monoisotopic (exact) mass is 719 g/mol. The molecule has 2 aromatic carbocycles. The lowest BCUT2D eigenvalue weighted by Crippen LogP contribution is -2.27. The second-order valence-electron chi connectivity index (χ2n) is 7.22. The van der Waals surface area contributed by atoms with Gasteiger partial charge in [0.1, 0.15) is 23.9 Å². The van der Waals surface area contributed by atoms with Crippen LogP contribution < -0.4 is 4.74 Å². The average molecular weight is 719 g/mol. The van der Waals surface area contributed by atoms with Crippen LogP contribution >= 0.6 is 56.9 Å². The van der Waals surface area contributed by atoms with Crippen molar-refractivity contribution >= 4 is 80.1 Å². The number of esters is 1. The number of thioether (sulfide) groups is 1. The third-order valence-electron chi connectivity index (χ3n) is 4.88. The number of carbonyl (C=O) groups excluding carboxylic acids is 3. The van der Waals surface area contributed by atoms with Crippen LogP contribution in [0, 0.1) is 13.0 Å². The van der Waals surface area contributed by atoms with Gasteiger partial charge in [0.15, 0.2) is 0 Å². The molecule has 1 aliphatic heterocycles. The van der Waals surface area contributed by atoms with E-state index in [1.54, 1.807) is 24.3 Å². The van der Waals surface area contributed by atoms with E-state index in [1.165, 1.54) is 25.3 Å². The number of amides is 2. The van der Waals surface area contributed by atoms with Gasteiger partial charge in [0.2, 0.25) is 5.76 Å². The zero-order chi connectivity index (χ0) is 25.1. The van der Waals surface area contributed by atoms with Crippen LogP contribution in [0.4, 0.5) is 9.18 Å². The van der Waals surface area contributed by atoms with Crippen molar-refractivity contribution in [3.05, 3.63) is 89.0 Å². The Morgan fingerprint density at radius 3 is 2.54 bits per heavy atom. The molecule has 0 saturated carbocycles. The summed E-state index contributed by atoms with van der Waals surface area (Å²) >= 11 is 5.06. The standard InChI is InChI=1S/C24H16FI2NO6S/c1-32-23(30)19-7-6-15(34-19)11-28-22(29)20(35-24(28)31)10-13-8-17(26)21(18(27)9-13)33-12-14-4-2-3-5-16(14)25/h2-10H,11-12H2,1H3/b20-10+. The summed E-state index contributed by atoms with van der Waals surface area (Å²) in [5.41, 5.74) is 1.17. The maximum atomic E-state index is 13.9. The minimum Gasteiger partial charge on any atom is -0.487 e. The minimum atomic E-state index is -0.643. The van der Waals surface area contributed by atoms with Crippen LogP contribution in [0.2, 0.25) is 0 Å². The number of rotatable bonds is 7. The number of hydrogen-bond donors (Lipinski definition) is 0. The molecule has 1 saturated heterocycles. The highest BCUT2D eigenvalue weighted by Gasteiger charge is 2.36. The molecular weight excluding hydrogens is 703 g/mol. The number of methoxy groups -OCH3 is 1. The fourth-order valence-electron chi connectivity index (χ4n) is 3.18. The van der Waals surface area contributed by atoms with Crippen LogP contribution in [0.15, 0.2) is 57.9 Å². The van der Waals surface area contributed by atoms with Gasteiger partial charge in [-0.3, -0.25) is 14.5 Å². The van der Waals surface area contributed by atoms with Gasteiger partial charge in [0, 0.05) is 5.56 Å². The molecule has 35 heavy (non-hydrogen) atoms. The van der Waals surface area contributed by atoms with Crippen molar-refractivity contribution in [1.82, 2.24) is 4.90 Å². The van der Waals surface area contributed by atoms with Gasteiger partial charge in [-0.25, -0.2) is 9.18 Å². The van der Waals surface area contributed by atoms with Crippen molar-refractivity contribution in [3.63, 3.8) is 0 Å². The maximum absolute atomic E-state index is 13.9. The quantitative estimate of drug-likeness (QED) is 0.163. The van der Waals surface area contributed by atoms with Gasteiger partial charge in [-0.1, -0.05) is 18.2 Å². The molecule has 180 valence electrons. The Hall–Kier alpha value is -2.39. The van der Waals surface area contributed by atoms with Crippen LogP contribution in [-0.2, 0) is 22.7 Å². The highest BCUT2D eigenvalue weighted by atomic mass is 127. The number of ether oxygens (including phenoxy) is 2. The summed E-state index contributed by atoms with van der Waals surface area (Å²) in [7, 11) is 1.23. The van der Waals surface area contributed by atoms with E-state index < -0.39 is 17.1 Å². The lowest BCUT2D eigenvalue weighted by atomic mass is 10.2. The number of hydrogen-bond acceptors (Lipinski definition) is 7. The summed E-state index contributed by atoms with van der Waals surface area (Å²) in [6.07, 6.45) is 1.64. The topological polar surface area (TPSA) is 86.0 Å². The van der Waals surface area contributed by atoms with E-state index >= 15 is 0 Å². The highest BCUT2D eigenvalue weighted by Crippen LogP contribution is 2.36. The van der Waals surface area contributed by atoms with E-state index in [9.17, 15) is 18.8 Å². The van der Waals surface area contributed by atoms with E-state index in [0.717, 1.165) is 23.8 Å². The number of benzene rings is 2. The second kappa shape index (κ2) is 11.1. The third-order valence-corrected chi connectivity index (χ3v) is 7.39. The van der Waals surface area contributed by atoms with Crippen molar-refractivity contribution in [3.8, 4) is 5.75 Å². The smallest absolute Gasteiger partial charge is 0.373 e. The predicted octanol–water partition coefficient (Wildman–Crippen LogP) is 6.23. The van der Waals surface area contributed by atoms with Gasteiger partial charge in [-0.05, 0) is 98.9 Å². The lowest BCUT2D eigenvalue weighted by Gasteiger charge is -2.12. The first-order valence-corrected chi connectivity index (χ1v) is 13.0. The largest absolute Gasteiger partial charge is 0.487 e. The Kier molecular flexibility index (Phi) is 8.16. The molecule has 0 aliphatic carbocycles. The Morgan fingerprint density at radius 2 is 1.86 bits per heavy atom. The fourth-order valence-corrected chi connectivity index (χ4v) is 6.15. The third kappa shape index (κ3) is 5.89. The summed E-state index contributed by atoms with van der Waals surface area (Å²) in [6, 6.07) is 13.0. The first-order valence-electron chi connectivity index (χ1n) is 10.0. The van der Waals surface area contributed by atoms with Gasteiger partial charge in [0.25, 0.3) is 11.1 Å². The van der Waals surface area contributed by atoms with Gasteiger partial charge >= 0.3 is 5.97 Å². The van der Waals surface area contributed by atoms with Gasteiger partial charge in [-0.2, -0.15) is 0 Å². The number of imide groups is 1. The molecule has 4 rings (SSSR count). The Balaban J connectivity index is 1.48. The molecule has 0 bridgehead atoms. The summed E-state index contributed by atoms with van der Waals surface area (Å²) in [5, 5.41) is -0.438. The van der Waals surface area contributed by atoms with Crippen molar-refractivity contribution in [2.75, 3.05) is 7.11 Å². The van der Waals surface area contributed by atoms with Gasteiger partial charge in [0.05, 0.1) is 25.7 Å². The molecule has 1 aliphatic rings. The van der Waals surface area contributed by atoms with Crippen molar-refractivity contribution in [1.29, 1.82) is 0 Å². The summed E-state index contributed by atoms with van der Waals surface area (Å²) < 4.78 is 31.3. The van der Waals surface area contributed by atoms with Crippen molar-refractivity contribution in [2.45, 2.75) is 13.2 Å². The molecular formula is C24H16FI2NO6S. The predicted molar refractivity (Wildman–Crippen MR) is 144 cm³/mol. The molecule has 7 nitrogen and oxygen atoms in total. The normalized spacial score (nSPS) is 14.6. The number of nitrogens with zero attached hydrogens (tertiary/aromatic N) is 1.